The Morgan fingerprint density at radius 1 is 1.17 bits per heavy atom. The molecule has 8 aliphatic rings. The van der Waals surface area contributed by atoms with E-state index in [2.05, 4.69) is 27.4 Å². The monoisotopic (exact) mass is 502 g/mol. The molecule has 0 radical (unpaired) electrons. The van der Waals surface area contributed by atoms with Crippen LogP contribution in [0.25, 0.3) is 0 Å². The SMILES string of the molecule is C=C1C(=O)[C@@]23[C@@H]4OC(C)(C)OC25OC[C@]2(C6=C(CC[C@@H](SCC)O6)CC(C)(C)[C@H]2[C@@H]5O)[C@@H]3CC[C@@H]14. The van der Waals surface area contributed by atoms with Crippen LogP contribution in [0.4, 0.5) is 0 Å². The summed E-state index contributed by atoms with van der Waals surface area (Å²) in [6.07, 6.45) is 3.22. The minimum atomic E-state index is -1.44. The number of thioether (sulfide) groups is 1. The van der Waals surface area contributed by atoms with E-state index in [0.29, 0.717) is 12.2 Å². The van der Waals surface area contributed by atoms with Crippen LogP contribution in [0.5, 0.6) is 0 Å². The van der Waals surface area contributed by atoms with Crippen molar-refractivity contribution in [3.05, 3.63) is 23.5 Å². The van der Waals surface area contributed by atoms with E-state index in [0.717, 1.165) is 43.6 Å². The number of carbonyl (C=O) groups is 1. The second-order valence-corrected chi connectivity index (χ2v) is 14.5. The van der Waals surface area contributed by atoms with Crippen molar-refractivity contribution in [3.8, 4) is 0 Å². The molecule has 6 nitrogen and oxygen atoms in total. The van der Waals surface area contributed by atoms with Gasteiger partial charge in [0.1, 0.15) is 22.7 Å². The summed E-state index contributed by atoms with van der Waals surface area (Å²) in [7, 11) is 0. The molecule has 6 fully saturated rings. The molecular formula is C28H38O6S. The number of fused-ring (bicyclic) bond motifs is 1. The molecule has 1 N–H and O–H groups in total. The van der Waals surface area contributed by atoms with Gasteiger partial charge in [0.15, 0.2) is 11.6 Å². The van der Waals surface area contributed by atoms with Gasteiger partial charge in [0.05, 0.1) is 18.1 Å². The summed E-state index contributed by atoms with van der Waals surface area (Å²) < 4.78 is 26.9. The third kappa shape index (κ3) is 2.38. The zero-order valence-corrected chi connectivity index (χ0v) is 22.3. The summed E-state index contributed by atoms with van der Waals surface area (Å²) in [6.45, 7) is 15.1. The summed E-state index contributed by atoms with van der Waals surface area (Å²) in [5.74, 6) is -0.736. The molecule has 0 aromatic rings. The van der Waals surface area contributed by atoms with Crippen molar-refractivity contribution in [3.63, 3.8) is 0 Å². The molecule has 7 heteroatoms. The molecule has 4 aliphatic carbocycles. The summed E-state index contributed by atoms with van der Waals surface area (Å²) in [6, 6.07) is 0. The molecule has 3 saturated heterocycles. The highest BCUT2D eigenvalue weighted by atomic mass is 32.2. The maximum Gasteiger partial charge on any atom is 0.213 e. The number of ether oxygens (including phenoxy) is 4. The van der Waals surface area contributed by atoms with E-state index in [9.17, 15) is 9.90 Å². The normalized spacial score (nSPS) is 52.5. The molecule has 1 unspecified atom stereocenters. The number of hydrogen-bond acceptors (Lipinski definition) is 7. The Morgan fingerprint density at radius 2 is 1.94 bits per heavy atom. The fourth-order valence-electron chi connectivity index (χ4n) is 9.95. The predicted molar refractivity (Wildman–Crippen MR) is 131 cm³/mol. The van der Waals surface area contributed by atoms with Crippen molar-refractivity contribution in [1.82, 2.24) is 0 Å². The second-order valence-electron chi connectivity index (χ2n) is 13.1. The van der Waals surface area contributed by atoms with E-state index in [-0.39, 0.29) is 34.4 Å². The maximum absolute atomic E-state index is 14.3. The Bertz CT molecular complexity index is 1060. The number of Topliss-reactive ketones (excluding diaryl/α,β-unsaturated/α-hetero) is 1. The Hall–Kier alpha value is -0.860. The Balaban J connectivity index is 1.51. The van der Waals surface area contributed by atoms with Crippen LogP contribution in [0.1, 0.15) is 66.7 Å². The molecule has 4 bridgehead atoms. The van der Waals surface area contributed by atoms with Crippen molar-refractivity contribution in [2.24, 2.45) is 34.0 Å². The Labute approximate surface area is 212 Å². The van der Waals surface area contributed by atoms with Gasteiger partial charge in [-0.25, -0.2) is 0 Å². The first-order valence-electron chi connectivity index (χ1n) is 13.4. The van der Waals surface area contributed by atoms with Crippen molar-refractivity contribution < 1.29 is 28.8 Å². The molecule has 4 heterocycles. The summed E-state index contributed by atoms with van der Waals surface area (Å²) >= 11 is 1.84. The average molecular weight is 503 g/mol. The van der Waals surface area contributed by atoms with Gasteiger partial charge in [-0.2, -0.15) is 0 Å². The molecule has 0 aromatic carbocycles. The fraction of sp³-hybridized carbons (Fsp3) is 0.821. The van der Waals surface area contributed by atoms with Gasteiger partial charge in [-0.15, -0.1) is 11.8 Å². The van der Waals surface area contributed by atoms with Gasteiger partial charge >= 0.3 is 0 Å². The van der Waals surface area contributed by atoms with E-state index in [4.69, 9.17) is 18.9 Å². The van der Waals surface area contributed by atoms with E-state index in [1.165, 1.54) is 5.57 Å². The molecule has 0 aromatic heterocycles. The number of allylic oxidation sites excluding steroid dienone is 1. The molecule has 3 spiro atoms. The fourth-order valence-corrected chi connectivity index (χ4v) is 10.8. The molecule has 3 saturated carbocycles. The lowest BCUT2D eigenvalue weighted by Gasteiger charge is -2.77. The molecule has 35 heavy (non-hydrogen) atoms. The van der Waals surface area contributed by atoms with E-state index >= 15 is 0 Å². The van der Waals surface area contributed by atoms with E-state index in [1.54, 1.807) is 0 Å². The predicted octanol–water partition coefficient (Wildman–Crippen LogP) is 4.57. The molecule has 4 aliphatic heterocycles. The van der Waals surface area contributed by atoms with Gasteiger partial charge < -0.3 is 24.1 Å². The average Bonchev–Trinajstić information content (AvgIpc) is 2.90. The number of carbonyl (C=O) groups excluding carboxylic acids is 1. The number of hydrogen-bond donors (Lipinski definition) is 1. The number of ketones is 1. The van der Waals surface area contributed by atoms with Crippen LogP contribution in [-0.4, -0.2) is 52.5 Å². The highest BCUT2D eigenvalue weighted by Gasteiger charge is 2.90. The lowest BCUT2D eigenvalue weighted by atomic mass is 9.36. The standard InChI is InChI=1S/C28H38O6S/c1-7-35-18-11-8-15-12-24(3,4)19-21(30)28-27-17(26(19,13-31-28)22(15)32-18)10-9-16(14(2)20(27)29)23(27)33-25(5,6)34-28/h16-19,21,23,30H,2,7-13H2,1,3-6H3/t16-,17-,18+,19+,21-,23+,26-,27-,28?/m0/s1. The van der Waals surface area contributed by atoms with Gasteiger partial charge in [0, 0.05) is 11.8 Å². The van der Waals surface area contributed by atoms with Gasteiger partial charge in [0.25, 0.3) is 0 Å². The van der Waals surface area contributed by atoms with Gasteiger partial charge in [0.2, 0.25) is 5.79 Å². The number of aliphatic hydroxyl groups excluding tert-OH is 1. The first-order chi connectivity index (χ1) is 16.5. The third-order valence-electron chi connectivity index (χ3n) is 10.6. The van der Waals surface area contributed by atoms with E-state index in [1.807, 2.05) is 25.6 Å². The topological polar surface area (TPSA) is 74.2 Å². The minimum absolute atomic E-state index is 0.0251. The Morgan fingerprint density at radius 3 is 2.69 bits per heavy atom. The number of rotatable bonds is 2. The smallest absolute Gasteiger partial charge is 0.213 e. The van der Waals surface area contributed by atoms with Gasteiger partial charge in [-0.3, -0.25) is 4.79 Å². The molecular weight excluding hydrogens is 464 g/mol. The van der Waals surface area contributed by atoms with Crippen molar-refractivity contribution >= 4 is 17.5 Å². The quantitative estimate of drug-likeness (QED) is 0.555. The van der Waals surface area contributed by atoms with Crippen molar-refractivity contribution in [2.75, 3.05) is 12.4 Å². The summed E-state index contributed by atoms with van der Waals surface area (Å²) in [5.41, 5.74) is 0.183. The van der Waals surface area contributed by atoms with Crippen LogP contribution < -0.4 is 0 Å². The first-order valence-corrected chi connectivity index (χ1v) is 14.5. The van der Waals surface area contributed by atoms with Crippen molar-refractivity contribution in [2.45, 2.75) is 95.9 Å². The van der Waals surface area contributed by atoms with Gasteiger partial charge in [-0.05, 0) is 74.2 Å². The highest BCUT2D eigenvalue weighted by Crippen LogP contribution is 2.80. The first kappa shape index (κ1) is 23.3. The second kappa shape index (κ2) is 6.76. The molecule has 8 rings (SSSR count). The zero-order chi connectivity index (χ0) is 24.8. The summed E-state index contributed by atoms with van der Waals surface area (Å²) in [5, 5.41) is 12.4. The summed E-state index contributed by atoms with van der Waals surface area (Å²) in [4.78, 5) is 14.3. The molecule has 192 valence electrons. The van der Waals surface area contributed by atoms with Crippen LogP contribution >= 0.6 is 11.8 Å². The largest absolute Gasteiger partial charge is 0.483 e. The maximum atomic E-state index is 14.3. The highest BCUT2D eigenvalue weighted by molar-refractivity contribution is 7.99. The lowest BCUT2D eigenvalue weighted by molar-refractivity contribution is -0.526. The van der Waals surface area contributed by atoms with Crippen molar-refractivity contribution in [1.29, 1.82) is 0 Å². The zero-order valence-electron chi connectivity index (χ0n) is 21.5. The van der Waals surface area contributed by atoms with Crippen LogP contribution in [0.15, 0.2) is 23.5 Å². The van der Waals surface area contributed by atoms with Gasteiger partial charge in [-0.1, -0.05) is 27.4 Å². The molecule has 0 amide bonds. The minimum Gasteiger partial charge on any atom is -0.483 e. The van der Waals surface area contributed by atoms with Crippen LogP contribution in [0.2, 0.25) is 0 Å². The lowest BCUT2D eigenvalue weighted by Crippen LogP contribution is -2.87. The molecule has 9 atom stereocenters. The van der Waals surface area contributed by atoms with Crippen LogP contribution in [0.3, 0.4) is 0 Å². The van der Waals surface area contributed by atoms with Crippen LogP contribution in [-0.2, 0) is 23.7 Å². The Kier molecular flexibility index (Phi) is 4.50. The number of aliphatic hydroxyl groups is 1. The third-order valence-corrected chi connectivity index (χ3v) is 11.6. The van der Waals surface area contributed by atoms with Crippen LogP contribution in [0, 0.1) is 34.0 Å². The van der Waals surface area contributed by atoms with E-state index < -0.39 is 34.6 Å².